The van der Waals surface area contributed by atoms with Crippen LogP contribution in [-0.2, 0) is 4.74 Å². The molecule has 0 aromatic carbocycles. The van der Waals surface area contributed by atoms with Crippen LogP contribution in [0.1, 0.15) is 85.5 Å². The number of hydrogen-bond acceptors (Lipinski definition) is 1. The van der Waals surface area contributed by atoms with Crippen molar-refractivity contribution in [1.82, 2.24) is 0 Å². The smallest absolute Gasteiger partial charge is 0.131 e. The highest BCUT2D eigenvalue weighted by Crippen LogP contribution is 2.18. The van der Waals surface area contributed by atoms with Crippen LogP contribution in [0.2, 0.25) is 0 Å². The third kappa shape index (κ3) is 14.3. The monoisotopic (exact) mass is 276 g/mol. The van der Waals surface area contributed by atoms with Gasteiger partial charge >= 0.3 is 0 Å². The van der Waals surface area contributed by atoms with Crippen LogP contribution in [0.3, 0.4) is 0 Å². The molecular formula is C16H33ClO. The number of unbranched alkanes of at least 4 members (excludes halogenated alkanes) is 7. The van der Waals surface area contributed by atoms with Gasteiger partial charge < -0.3 is 4.74 Å². The van der Waals surface area contributed by atoms with Gasteiger partial charge in [0.25, 0.3) is 0 Å². The molecule has 110 valence electrons. The van der Waals surface area contributed by atoms with Gasteiger partial charge in [-0.1, -0.05) is 84.2 Å². The Labute approximate surface area is 120 Å². The van der Waals surface area contributed by atoms with Crippen molar-refractivity contribution < 1.29 is 4.74 Å². The predicted molar refractivity (Wildman–Crippen MR) is 82.3 cm³/mol. The zero-order chi connectivity index (χ0) is 13.9. The van der Waals surface area contributed by atoms with Gasteiger partial charge in [-0.2, -0.15) is 0 Å². The van der Waals surface area contributed by atoms with Gasteiger partial charge in [-0.05, 0) is 18.3 Å². The van der Waals surface area contributed by atoms with E-state index in [1.54, 1.807) is 0 Å². The molecule has 0 spiro atoms. The Morgan fingerprint density at radius 2 is 1.39 bits per heavy atom. The molecule has 0 aliphatic carbocycles. The molecule has 0 aliphatic heterocycles. The summed E-state index contributed by atoms with van der Waals surface area (Å²) in [6.07, 6.45) is 11.8. The van der Waals surface area contributed by atoms with Gasteiger partial charge in [0.15, 0.2) is 0 Å². The first-order chi connectivity index (χ1) is 8.45. The molecule has 0 radical (unpaired) electrons. The second-order valence-electron chi connectivity index (χ2n) is 6.55. The molecule has 0 bridgehead atoms. The van der Waals surface area contributed by atoms with E-state index >= 15 is 0 Å². The van der Waals surface area contributed by atoms with Crippen LogP contribution < -0.4 is 0 Å². The average molecular weight is 277 g/mol. The SMILES string of the molecule is CCCCCCCCCCC(Cl)OCC(C)(C)C. The minimum atomic E-state index is -0.0932. The normalized spacial score (nSPS) is 13.8. The summed E-state index contributed by atoms with van der Waals surface area (Å²) in [6, 6.07) is 0. The summed E-state index contributed by atoms with van der Waals surface area (Å²) in [7, 11) is 0. The predicted octanol–water partition coefficient (Wildman–Crippen LogP) is 6.14. The second kappa shape index (κ2) is 11.1. The Hall–Kier alpha value is 0.250. The highest BCUT2D eigenvalue weighted by molar-refractivity contribution is 6.19. The van der Waals surface area contributed by atoms with Crippen LogP contribution in [0.4, 0.5) is 0 Å². The molecule has 0 heterocycles. The third-order valence-corrected chi connectivity index (χ3v) is 3.33. The average Bonchev–Trinajstić information content (AvgIpc) is 2.29. The van der Waals surface area contributed by atoms with Crippen molar-refractivity contribution >= 4 is 11.6 Å². The van der Waals surface area contributed by atoms with Gasteiger partial charge in [0.1, 0.15) is 5.56 Å². The van der Waals surface area contributed by atoms with E-state index in [0.29, 0.717) is 0 Å². The standard InChI is InChI=1S/C16H33ClO/c1-5-6-7-8-9-10-11-12-13-15(17)18-14-16(2,3)4/h15H,5-14H2,1-4H3. The van der Waals surface area contributed by atoms with Gasteiger partial charge in [-0.25, -0.2) is 0 Å². The van der Waals surface area contributed by atoms with E-state index in [-0.39, 0.29) is 11.0 Å². The second-order valence-corrected chi connectivity index (χ2v) is 7.03. The van der Waals surface area contributed by atoms with E-state index in [4.69, 9.17) is 16.3 Å². The maximum absolute atomic E-state index is 6.15. The lowest BCUT2D eigenvalue weighted by molar-refractivity contribution is 0.0457. The van der Waals surface area contributed by atoms with Crippen LogP contribution in [0.25, 0.3) is 0 Å². The van der Waals surface area contributed by atoms with Gasteiger partial charge in [0.05, 0.1) is 6.61 Å². The lowest BCUT2D eigenvalue weighted by atomic mass is 9.99. The van der Waals surface area contributed by atoms with Crippen molar-refractivity contribution in [3.05, 3.63) is 0 Å². The molecule has 0 N–H and O–H groups in total. The van der Waals surface area contributed by atoms with Gasteiger partial charge in [0.2, 0.25) is 0 Å². The minimum absolute atomic E-state index is 0.0932. The van der Waals surface area contributed by atoms with Crippen LogP contribution in [0.15, 0.2) is 0 Å². The summed E-state index contributed by atoms with van der Waals surface area (Å²) in [6.45, 7) is 9.53. The fourth-order valence-electron chi connectivity index (χ4n) is 1.86. The molecule has 0 rings (SSSR count). The number of rotatable bonds is 11. The number of ether oxygens (including phenoxy) is 1. The van der Waals surface area contributed by atoms with Gasteiger partial charge in [0, 0.05) is 0 Å². The van der Waals surface area contributed by atoms with Crippen molar-refractivity contribution in [3.63, 3.8) is 0 Å². The van der Waals surface area contributed by atoms with Crippen LogP contribution in [0, 0.1) is 5.41 Å². The van der Waals surface area contributed by atoms with Crippen molar-refractivity contribution in [2.45, 2.75) is 91.0 Å². The highest BCUT2D eigenvalue weighted by Gasteiger charge is 2.13. The fourth-order valence-corrected chi connectivity index (χ4v) is 2.08. The summed E-state index contributed by atoms with van der Waals surface area (Å²) in [5.74, 6) is 0. The van der Waals surface area contributed by atoms with E-state index in [1.807, 2.05) is 0 Å². The minimum Gasteiger partial charge on any atom is -0.362 e. The Kier molecular flexibility index (Phi) is 11.3. The zero-order valence-electron chi connectivity index (χ0n) is 12.9. The van der Waals surface area contributed by atoms with Crippen molar-refractivity contribution in [1.29, 1.82) is 0 Å². The first-order valence-corrected chi connectivity index (χ1v) is 8.15. The molecule has 0 amide bonds. The maximum Gasteiger partial charge on any atom is 0.131 e. The zero-order valence-corrected chi connectivity index (χ0v) is 13.7. The lowest BCUT2D eigenvalue weighted by Crippen LogP contribution is -2.18. The molecule has 0 aromatic heterocycles. The number of halogens is 1. The molecule has 1 unspecified atom stereocenters. The summed E-state index contributed by atoms with van der Waals surface area (Å²) in [5.41, 5.74) is 0.121. The molecule has 0 saturated heterocycles. The van der Waals surface area contributed by atoms with Crippen LogP contribution >= 0.6 is 11.6 Å². The van der Waals surface area contributed by atoms with Crippen molar-refractivity contribution in [3.8, 4) is 0 Å². The Bertz CT molecular complexity index is 174. The summed E-state index contributed by atoms with van der Waals surface area (Å²) < 4.78 is 5.63. The molecular weight excluding hydrogens is 244 g/mol. The summed E-state index contributed by atoms with van der Waals surface area (Å²) in [5, 5.41) is 0. The topological polar surface area (TPSA) is 9.23 Å². The summed E-state index contributed by atoms with van der Waals surface area (Å²) >= 11 is 6.15. The third-order valence-electron chi connectivity index (χ3n) is 2.98. The Balaban J connectivity index is 3.23. The van der Waals surface area contributed by atoms with E-state index < -0.39 is 0 Å². The highest BCUT2D eigenvalue weighted by atomic mass is 35.5. The first kappa shape index (κ1) is 18.2. The van der Waals surface area contributed by atoms with Gasteiger partial charge in [-0.3, -0.25) is 0 Å². The molecule has 1 atom stereocenters. The van der Waals surface area contributed by atoms with E-state index in [2.05, 4.69) is 27.7 Å². The molecule has 1 nitrogen and oxygen atoms in total. The fraction of sp³-hybridized carbons (Fsp3) is 1.00. The molecule has 18 heavy (non-hydrogen) atoms. The lowest BCUT2D eigenvalue weighted by Gasteiger charge is -2.20. The molecule has 2 heteroatoms. The quantitative estimate of drug-likeness (QED) is 0.325. The number of hydrogen-bond donors (Lipinski definition) is 0. The molecule has 0 saturated carbocycles. The van der Waals surface area contributed by atoms with Crippen LogP contribution in [0.5, 0.6) is 0 Å². The molecule has 0 fully saturated rings. The Morgan fingerprint density at radius 1 is 0.889 bits per heavy atom. The molecule has 0 aromatic rings. The number of alkyl halides is 1. The van der Waals surface area contributed by atoms with E-state index in [9.17, 15) is 0 Å². The van der Waals surface area contributed by atoms with Crippen molar-refractivity contribution in [2.75, 3.05) is 6.61 Å². The van der Waals surface area contributed by atoms with Gasteiger partial charge in [-0.15, -0.1) is 0 Å². The Morgan fingerprint density at radius 3 is 1.89 bits per heavy atom. The largest absolute Gasteiger partial charge is 0.362 e. The van der Waals surface area contributed by atoms with E-state index in [0.717, 1.165) is 13.0 Å². The first-order valence-electron chi connectivity index (χ1n) is 7.71. The van der Waals surface area contributed by atoms with Crippen LogP contribution in [-0.4, -0.2) is 12.2 Å². The van der Waals surface area contributed by atoms with Crippen molar-refractivity contribution in [2.24, 2.45) is 5.41 Å². The summed E-state index contributed by atoms with van der Waals surface area (Å²) in [4.78, 5) is 0. The maximum atomic E-state index is 6.15. The molecule has 0 aliphatic rings. The van der Waals surface area contributed by atoms with E-state index in [1.165, 1.54) is 51.4 Å².